The molecule has 208 valence electrons. The van der Waals surface area contributed by atoms with Gasteiger partial charge in [0.2, 0.25) is 11.8 Å². The molecule has 2 aromatic heterocycles. The van der Waals surface area contributed by atoms with E-state index in [1.54, 1.807) is 26.8 Å². The van der Waals surface area contributed by atoms with Crippen molar-refractivity contribution in [3.8, 4) is 17.0 Å². The van der Waals surface area contributed by atoms with E-state index in [0.29, 0.717) is 16.8 Å². The summed E-state index contributed by atoms with van der Waals surface area (Å²) in [5, 5.41) is 2.65. The smallest absolute Gasteiger partial charge is 0.433 e. The van der Waals surface area contributed by atoms with Crippen molar-refractivity contribution < 1.29 is 41.4 Å². The first kappa shape index (κ1) is 29.1. The van der Waals surface area contributed by atoms with Crippen LogP contribution in [0.1, 0.15) is 38.6 Å². The number of aromatic nitrogens is 2. The van der Waals surface area contributed by atoms with Gasteiger partial charge in [0.1, 0.15) is 30.1 Å². The van der Waals surface area contributed by atoms with Gasteiger partial charge < -0.3 is 19.5 Å². The summed E-state index contributed by atoms with van der Waals surface area (Å²) in [7, 11) is 1.49. The Morgan fingerprint density at radius 1 is 1.13 bits per heavy atom. The SMILES string of the molecule is COCCOc1cc(-c2ccc(C(F)(F)F)nc2)cc(CNC(=O)[C@@H]2CC(F)CN2C(=O)OC(C)(C)C)n1. The van der Waals surface area contributed by atoms with Gasteiger partial charge in [0.15, 0.2) is 0 Å². The molecule has 13 heteroatoms. The number of nitrogens with one attached hydrogen (secondary N) is 1. The van der Waals surface area contributed by atoms with E-state index in [2.05, 4.69) is 15.3 Å². The first-order valence-electron chi connectivity index (χ1n) is 11.8. The Labute approximate surface area is 217 Å². The molecule has 2 atom stereocenters. The third-order valence-electron chi connectivity index (χ3n) is 5.40. The van der Waals surface area contributed by atoms with Gasteiger partial charge in [-0.05, 0) is 38.5 Å². The molecule has 2 aromatic rings. The molecule has 0 aromatic carbocycles. The molecule has 1 unspecified atom stereocenters. The molecule has 1 aliphatic heterocycles. The highest BCUT2D eigenvalue weighted by Crippen LogP contribution is 2.30. The molecular weight excluding hydrogens is 512 g/mol. The van der Waals surface area contributed by atoms with Crippen LogP contribution >= 0.6 is 0 Å². The Morgan fingerprint density at radius 2 is 1.87 bits per heavy atom. The largest absolute Gasteiger partial charge is 0.475 e. The second-order valence-electron chi connectivity index (χ2n) is 9.66. The Kier molecular flexibility index (Phi) is 9.13. The van der Waals surface area contributed by atoms with Crippen LogP contribution in [0.4, 0.5) is 22.4 Å². The molecule has 1 fully saturated rings. The third kappa shape index (κ3) is 8.01. The first-order valence-corrected chi connectivity index (χ1v) is 11.8. The van der Waals surface area contributed by atoms with Crippen molar-refractivity contribution in [3.63, 3.8) is 0 Å². The minimum Gasteiger partial charge on any atom is -0.475 e. The normalized spacial score (nSPS) is 17.8. The number of alkyl halides is 4. The van der Waals surface area contributed by atoms with E-state index >= 15 is 0 Å². The molecule has 0 radical (unpaired) electrons. The fourth-order valence-electron chi connectivity index (χ4n) is 3.70. The lowest BCUT2D eigenvalue weighted by atomic mass is 10.1. The quantitative estimate of drug-likeness (QED) is 0.395. The molecule has 2 amide bonds. The fourth-order valence-corrected chi connectivity index (χ4v) is 3.70. The summed E-state index contributed by atoms with van der Waals surface area (Å²) in [4.78, 5) is 34.3. The maximum Gasteiger partial charge on any atom is 0.433 e. The van der Waals surface area contributed by atoms with E-state index in [4.69, 9.17) is 14.2 Å². The summed E-state index contributed by atoms with van der Waals surface area (Å²) in [5.74, 6) is -0.440. The van der Waals surface area contributed by atoms with Crippen LogP contribution in [0.15, 0.2) is 30.5 Å². The number of hydrogen-bond donors (Lipinski definition) is 1. The number of methoxy groups -OCH3 is 1. The highest BCUT2D eigenvalue weighted by Gasteiger charge is 2.41. The number of carbonyl (C=O) groups excluding carboxylic acids is 2. The minimum absolute atomic E-state index is 0.114. The Bertz CT molecular complexity index is 1120. The molecule has 1 aliphatic rings. The van der Waals surface area contributed by atoms with Crippen molar-refractivity contribution in [2.75, 3.05) is 26.9 Å². The van der Waals surface area contributed by atoms with E-state index in [0.717, 1.165) is 17.2 Å². The molecule has 3 heterocycles. The van der Waals surface area contributed by atoms with Crippen LogP contribution < -0.4 is 10.1 Å². The molecule has 1 N–H and O–H groups in total. The number of halogens is 4. The molecule has 0 saturated carbocycles. The summed E-state index contributed by atoms with van der Waals surface area (Å²) in [6.45, 7) is 5.05. The van der Waals surface area contributed by atoms with Crippen molar-refractivity contribution in [2.45, 2.75) is 57.7 Å². The number of carbonyl (C=O) groups is 2. The van der Waals surface area contributed by atoms with Gasteiger partial charge in [0.05, 0.1) is 25.4 Å². The fraction of sp³-hybridized carbons (Fsp3) is 0.520. The standard InChI is InChI=1S/C25H30F4N4O5/c1-24(2,3)38-23(35)33-14-17(26)11-19(33)22(34)31-13-18-9-16(10-21(32-18)37-8-7-36-4)15-5-6-20(30-12-15)25(27,28)29/h5-6,9-10,12,17,19H,7-8,11,13-14H2,1-4H3,(H,31,34)/t17?,19-/m0/s1. The predicted molar refractivity (Wildman–Crippen MR) is 128 cm³/mol. The maximum atomic E-state index is 14.1. The molecular formula is C25H30F4N4O5. The van der Waals surface area contributed by atoms with Crippen molar-refractivity contribution in [1.82, 2.24) is 20.2 Å². The second-order valence-corrected chi connectivity index (χ2v) is 9.66. The maximum absolute atomic E-state index is 14.1. The lowest BCUT2D eigenvalue weighted by Crippen LogP contribution is -2.47. The Balaban J connectivity index is 1.78. The van der Waals surface area contributed by atoms with Gasteiger partial charge in [-0.25, -0.2) is 14.2 Å². The van der Waals surface area contributed by atoms with Crippen LogP contribution in [0.3, 0.4) is 0 Å². The van der Waals surface area contributed by atoms with Crippen molar-refractivity contribution in [1.29, 1.82) is 0 Å². The van der Waals surface area contributed by atoms with Crippen molar-refractivity contribution >= 4 is 12.0 Å². The molecule has 0 aliphatic carbocycles. The molecule has 0 bridgehead atoms. The van der Waals surface area contributed by atoms with E-state index in [1.165, 1.54) is 19.2 Å². The van der Waals surface area contributed by atoms with E-state index < -0.39 is 41.7 Å². The number of rotatable bonds is 8. The van der Waals surface area contributed by atoms with Gasteiger partial charge in [-0.15, -0.1) is 0 Å². The van der Waals surface area contributed by atoms with Gasteiger partial charge in [-0.1, -0.05) is 6.07 Å². The Morgan fingerprint density at radius 3 is 2.47 bits per heavy atom. The van der Waals surface area contributed by atoms with Crippen LogP contribution in [-0.2, 0) is 27.0 Å². The second kappa shape index (κ2) is 11.9. The van der Waals surface area contributed by atoms with Gasteiger partial charge in [0.25, 0.3) is 0 Å². The molecule has 1 saturated heterocycles. The molecule has 9 nitrogen and oxygen atoms in total. The number of nitrogens with zero attached hydrogens (tertiary/aromatic N) is 3. The van der Waals surface area contributed by atoms with Gasteiger partial charge in [0, 0.05) is 31.4 Å². The minimum atomic E-state index is -4.58. The molecule has 3 rings (SSSR count). The summed E-state index contributed by atoms with van der Waals surface area (Å²) < 4.78 is 68.7. The third-order valence-corrected chi connectivity index (χ3v) is 5.40. The highest BCUT2D eigenvalue weighted by atomic mass is 19.4. The number of hydrogen-bond acceptors (Lipinski definition) is 7. The lowest BCUT2D eigenvalue weighted by molar-refractivity contribution is -0.141. The summed E-state index contributed by atoms with van der Waals surface area (Å²) in [6, 6.07) is 4.15. The van der Waals surface area contributed by atoms with E-state index in [1.807, 2.05) is 0 Å². The summed E-state index contributed by atoms with van der Waals surface area (Å²) >= 11 is 0. The summed E-state index contributed by atoms with van der Waals surface area (Å²) in [5.41, 5.74) is -0.698. The van der Waals surface area contributed by atoms with Crippen molar-refractivity contribution in [3.05, 3.63) is 41.9 Å². The first-order chi connectivity index (χ1) is 17.8. The monoisotopic (exact) mass is 542 g/mol. The average Bonchev–Trinajstić information content (AvgIpc) is 3.23. The van der Waals surface area contributed by atoms with Gasteiger partial charge in [-0.3, -0.25) is 14.7 Å². The van der Waals surface area contributed by atoms with Crippen LogP contribution in [-0.4, -0.2) is 71.6 Å². The van der Waals surface area contributed by atoms with Crippen LogP contribution in [0.2, 0.25) is 0 Å². The van der Waals surface area contributed by atoms with Crippen molar-refractivity contribution in [2.24, 2.45) is 0 Å². The zero-order valence-corrected chi connectivity index (χ0v) is 21.5. The van der Waals surface area contributed by atoms with Crippen LogP contribution in [0.25, 0.3) is 11.1 Å². The predicted octanol–water partition coefficient (Wildman–Crippen LogP) is 4.15. The number of amides is 2. The van der Waals surface area contributed by atoms with Gasteiger partial charge >= 0.3 is 12.3 Å². The average molecular weight is 543 g/mol. The number of ether oxygens (including phenoxy) is 3. The van der Waals surface area contributed by atoms with E-state index in [-0.39, 0.29) is 38.6 Å². The van der Waals surface area contributed by atoms with Gasteiger partial charge in [-0.2, -0.15) is 13.2 Å². The van der Waals surface area contributed by atoms with Crippen LogP contribution in [0, 0.1) is 0 Å². The lowest BCUT2D eigenvalue weighted by Gasteiger charge is -2.27. The summed E-state index contributed by atoms with van der Waals surface area (Å²) in [6.07, 6.45) is -5.85. The van der Waals surface area contributed by atoms with Crippen LogP contribution in [0.5, 0.6) is 5.88 Å². The Hall–Kier alpha value is -3.48. The number of likely N-dealkylation sites (tertiary alicyclic amines) is 1. The zero-order chi connectivity index (χ0) is 28.1. The topological polar surface area (TPSA) is 103 Å². The molecule has 38 heavy (non-hydrogen) atoms. The highest BCUT2D eigenvalue weighted by molar-refractivity contribution is 5.86. The zero-order valence-electron chi connectivity index (χ0n) is 21.5. The number of pyridine rings is 2. The molecule has 0 spiro atoms. The van der Waals surface area contributed by atoms with E-state index in [9.17, 15) is 27.2 Å².